The molecule has 2 rings (SSSR count). The highest BCUT2D eigenvalue weighted by Gasteiger charge is 2.20. The highest BCUT2D eigenvalue weighted by molar-refractivity contribution is 5.78. The van der Waals surface area contributed by atoms with Gasteiger partial charge in [-0.25, -0.2) is 4.98 Å². The van der Waals surface area contributed by atoms with Crippen molar-refractivity contribution in [3.05, 3.63) is 18.1 Å². The van der Waals surface area contributed by atoms with Crippen molar-refractivity contribution in [1.29, 1.82) is 0 Å². The summed E-state index contributed by atoms with van der Waals surface area (Å²) in [5.74, 6) is 0.563. The van der Waals surface area contributed by atoms with Gasteiger partial charge >= 0.3 is 0 Å². The van der Waals surface area contributed by atoms with Gasteiger partial charge in [0.25, 0.3) is 0 Å². The largest absolute Gasteiger partial charge is 0.382 e. The number of nitrogens with zero attached hydrogens (tertiary/aromatic N) is 4. The molecule has 0 aliphatic carbocycles. The number of carbonyl (C=O) groups excluding carboxylic acids is 1. The van der Waals surface area contributed by atoms with Crippen molar-refractivity contribution in [3.8, 4) is 0 Å². The van der Waals surface area contributed by atoms with Gasteiger partial charge in [0.15, 0.2) is 0 Å². The smallest absolute Gasteiger partial charge is 0.236 e. The minimum atomic E-state index is 0.148. The van der Waals surface area contributed by atoms with Crippen molar-refractivity contribution in [2.24, 2.45) is 0 Å². The van der Waals surface area contributed by atoms with Gasteiger partial charge in [0.05, 0.1) is 24.6 Å². The van der Waals surface area contributed by atoms with E-state index < -0.39 is 0 Å². The van der Waals surface area contributed by atoms with E-state index in [0.29, 0.717) is 18.9 Å². The molecule has 0 unspecified atom stereocenters. The van der Waals surface area contributed by atoms with Gasteiger partial charge in [-0.2, -0.15) is 0 Å². The fourth-order valence-electron chi connectivity index (χ4n) is 1.62. The minimum Gasteiger partial charge on any atom is -0.382 e. The summed E-state index contributed by atoms with van der Waals surface area (Å²) in [6, 6.07) is 0. The molecule has 1 aliphatic heterocycles. The Kier molecular flexibility index (Phi) is 3.00. The van der Waals surface area contributed by atoms with Crippen molar-refractivity contribution in [1.82, 2.24) is 19.8 Å². The molecule has 6 nitrogen and oxygen atoms in total. The Morgan fingerprint density at radius 2 is 2.19 bits per heavy atom. The van der Waals surface area contributed by atoms with Crippen molar-refractivity contribution >= 4 is 11.7 Å². The Morgan fingerprint density at radius 3 is 2.81 bits per heavy atom. The molecule has 16 heavy (non-hydrogen) atoms. The summed E-state index contributed by atoms with van der Waals surface area (Å²) in [6.45, 7) is 2.73. The lowest BCUT2D eigenvalue weighted by molar-refractivity contribution is -0.134. The van der Waals surface area contributed by atoms with Gasteiger partial charge < -0.3 is 10.6 Å². The van der Waals surface area contributed by atoms with E-state index in [1.807, 2.05) is 7.05 Å². The molecule has 1 aromatic heterocycles. The van der Waals surface area contributed by atoms with Crippen molar-refractivity contribution < 1.29 is 4.79 Å². The number of rotatable bonds is 2. The lowest BCUT2D eigenvalue weighted by Gasteiger charge is -2.31. The van der Waals surface area contributed by atoms with E-state index in [0.717, 1.165) is 18.8 Å². The van der Waals surface area contributed by atoms with Crippen LogP contribution in [-0.4, -0.2) is 52.4 Å². The first kappa shape index (κ1) is 10.8. The van der Waals surface area contributed by atoms with E-state index in [2.05, 4.69) is 14.9 Å². The van der Waals surface area contributed by atoms with Gasteiger partial charge in [-0.15, -0.1) is 0 Å². The Balaban J connectivity index is 1.95. The molecular weight excluding hydrogens is 206 g/mol. The number of nitrogen functional groups attached to an aromatic ring is 1. The zero-order valence-corrected chi connectivity index (χ0v) is 9.26. The lowest BCUT2D eigenvalue weighted by atomic mass is 10.3. The number of hydrogen-bond donors (Lipinski definition) is 1. The second kappa shape index (κ2) is 4.44. The summed E-state index contributed by atoms with van der Waals surface area (Å²) < 4.78 is 0. The number of nitrogens with two attached hydrogens (primary N) is 1. The predicted octanol–water partition coefficient (Wildman–Crippen LogP) is -0.667. The summed E-state index contributed by atoms with van der Waals surface area (Å²) in [5, 5.41) is 0. The van der Waals surface area contributed by atoms with Crippen LogP contribution in [0.2, 0.25) is 0 Å². The molecule has 0 aromatic carbocycles. The lowest BCUT2D eigenvalue weighted by Crippen LogP contribution is -2.48. The quantitative estimate of drug-likeness (QED) is 0.717. The van der Waals surface area contributed by atoms with Crippen molar-refractivity contribution in [2.75, 3.05) is 32.4 Å². The standard InChI is InChI=1S/C10H15N5O/c1-14-2-3-15(7-10(14)16)6-8-4-13-9(11)5-12-8/h4-5H,2-3,6-7H2,1H3,(H2,11,13). The maximum absolute atomic E-state index is 11.5. The van der Waals surface area contributed by atoms with E-state index in [-0.39, 0.29) is 5.91 Å². The molecule has 86 valence electrons. The summed E-state index contributed by atoms with van der Waals surface area (Å²) in [5.41, 5.74) is 6.29. The molecule has 1 aromatic rings. The molecule has 0 atom stereocenters. The van der Waals surface area contributed by atoms with Gasteiger partial charge in [0.2, 0.25) is 5.91 Å². The number of piperazine rings is 1. The summed E-state index contributed by atoms with van der Waals surface area (Å²) in [4.78, 5) is 23.4. The first-order chi connectivity index (χ1) is 7.65. The van der Waals surface area contributed by atoms with Crippen LogP contribution in [0.25, 0.3) is 0 Å². The molecule has 0 bridgehead atoms. The Bertz CT molecular complexity index is 377. The number of amides is 1. The predicted molar refractivity (Wildman–Crippen MR) is 59.4 cm³/mol. The highest BCUT2D eigenvalue weighted by atomic mass is 16.2. The molecule has 1 fully saturated rings. The maximum Gasteiger partial charge on any atom is 0.236 e. The summed E-state index contributed by atoms with van der Waals surface area (Å²) in [7, 11) is 1.82. The minimum absolute atomic E-state index is 0.148. The topological polar surface area (TPSA) is 75.3 Å². The van der Waals surface area contributed by atoms with Crippen LogP contribution in [0, 0.1) is 0 Å². The third kappa shape index (κ3) is 2.46. The fourth-order valence-corrected chi connectivity index (χ4v) is 1.62. The van der Waals surface area contributed by atoms with Crippen LogP contribution in [0.15, 0.2) is 12.4 Å². The Morgan fingerprint density at radius 1 is 1.38 bits per heavy atom. The molecule has 0 radical (unpaired) electrons. The number of likely N-dealkylation sites (N-methyl/N-ethyl adjacent to an activating group) is 1. The molecule has 0 saturated carbocycles. The van der Waals surface area contributed by atoms with Gasteiger partial charge in [0.1, 0.15) is 5.82 Å². The third-order valence-electron chi connectivity index (χ3n) is 2.65. The zero-order chi connectivity index (χ0) is 11.5. The molecule has 1 amide bonds. The average Bonchev–Trinajstić information content (AvgIpc) is 2.27. The number of hydrogen-bond acceptors (Lipinski definition) is 5. The van der Waals surface area contributed by atoms with E-state index in [1.165, 1.54) is 6.20 Å². The van der Waals surface area contributed by atoms with Crippen molar-refractivity contribution in [3.63, 3.8) is 0 Å². The van der Waals surface area contributed by atoms with E-state index in [9.17, 15) is 4.79 Å². The van der Waals surface area contributed by atoms with Gasteiger partial charge in [-0.05, 0) is 0 Å². The zero-order valence-electron chi connectivity index (χ0n) is 9.26. The van der Waals surface area contributed by atoms with Crippen LogP contribution in [-0.2, 0) is 11.3 Å². The molecule has 6 heteroatoms. The SMILES string of the molecule is CN1CCN(Cc2cnc(N)cn2)CC1=O. The van der Waals surface area contributed by atoms with Gasteiger partial charge in [-0.3, -0.25) is 14.7 Å². The maximum atomic E-state index is 11.5. The monoisotopic (exact) mass is 221 g/mol. The van der Waals surface area contributed by atoms with E-state index in [1.54, 1.807) is 11.1 Å². The first-order valence-corrected chi connectivity index (χ1v) is 5.18. The number of aromatic nitrogens is 2. The van der Waals surface area contributed by atoms with E-state index >= 15 is 0 Å². The molecular formula is C10H15N5O. The first-order valence-electron chi connectivity index (χ1n) is 5.18. The molecule has 1 aliphatic rings. The Hall–Kier alpha value is -1.69. The van der Waals surface area contributed by atoms with Gasteiger partial charge in [0, 0.05) is 26.7 Å². The van der Waals surface area contributed by atoms with Crippen LogP contribution >= 0.6 is 0 Å². The number of carbonyl (C=O) groups is 1. The normalized spacial score (nSPS) is 17.8. The molecule has 2 N–H and O–H groups in total. The molecule has 2 heterocycles. The second-order valence-electron chi connectivity index (χ2n) is 3.96. The third-order valence-corrected chi connectivity index (χ3v) is 2.65. The van der Waals surface area contributed by atoms with Crippen LogP contribution < -0.4 is 5.73 Å². The van der Waals surface area contributed by atoms with Crippen molar-refractivity contribution in [2.45, 2.75) is 6.54 Å². The van der Waals surface area contributed by atoms with Crippen LogP contribution in [0.3, 0.4) is 0 Å². The summed E-state index contributed by atoms with van der Waals surface area (Å²) >= 11 is 0. The van der Waals surface area contributed by atoms with Crippen LogP contribution in [0.1, 0.15) is 5.69 Å². The molecule has 1 saturated heterocycles. The van der Waals surface area contributed by atoms with Crippen LogP contribution in [0.4, 0.5) is 5.82 Å². The van der Waals surface area contributed by atoms with E-state index in [4.69, 9.17) is 5.73 Å². The number of anilines is 1. The van der Waals surface area contributed by atoms with Crippen LogP contribution in [0.5, 0.6) is 0 Å². The summed E-state index contributed by atoms with van der Waals surface area (Å²) in [6.07, 6.45) is 3.19. The highest BCUT2D eigenvalue weighted by Crippen LogP contribution is 2.06. The van der Waals surface area contributed by atoms with Gasteiger partial charge in [-0.1, -0.05) is 0 Å². The average molecular weight is 221 g/mol. The second-order valence-corrected chi connectivity index (χ2v) is 3.96. The fraction of sp³-hybridized carbons (Fsp3) is 0.500. The Labute approximate surface area is 94.1 Å². The molecule has 0 spiro atoms.